The highest BCUT2D eigenvalue weighted by Gasteiger charge is 2.26. The third-order valence-electron chi connectivity index (χ3n) is 11.8. The summed E-state index contributed by atoms with van der Waals surface area (Å²) in [5, 5.41) is 12.0. The molecule has 0 aliphatic carbocycles. The van der Waals surface area contributed by atoms with Gasteiger partial charge in [0, 0.05) is 28.4 Å². The molecule has 0 radical (unpaired) electrons. The molecular formula is C58H53N3O. The van der Waals surface area contributed by atoms with Crippen molar-refractivity contribution >= 4 is 11.0 Å². The van der Waals surface area contributed by atoms with Crippen molar-refractivity contribution in [3.05, 3.63) is 192 Å². The molecule has 9 rings (SSSR count). The van der Waals surface area contributed by atoms with Gasteiger partial charge in [0.2, 0.25) is 0 Å². The molecule has 0 fully saturated rings. The number of benzene rings is 7. The van der Waals surface area contributed by atoms with Gasteiger partial charge >= 0.3 is 0 Å². The molecule has 9 aromatic rings. The van der Waals surface area contributed by atoms with Gasteiger partial charge < -0.3 is 5.11 Å². The fourth-order valence-electron chi connectivity index (χ4n) is 8.57. The number of aromatic hydroxyl groups is 1. The molecule has 4 nitrogen and oxygen atoms in total. The van der Waals surface area contributed by atoms with Crippen LogP contribution in [0.3, 0.4) is 0 Å². The third kappa shape index (κ3) is 7.62. The van der Waals surface area contributed by atoms with Crippen LogP contribution in [-0.4, -0.2) is 19.6 Å². The van der Waals surface area contributed by atoms with Crippen molar-refractivity contribution in [2.45, 2.75) is 66.6 Å². The SMILES string of the molecule is [2H]C([2H])([2H])c1ccc(-c2ccnc(-c3cc(-c4cccc5c4nc(-c4cc(C)cc(C)c4O)n5-c4cc(-c5ccccc5)c(C([2H])(C)C)cc4-c4ccccc4)cc(C(C)(C)C)c3)c2)cc1. The molecule has 0 spiro atoms. The molecule has 2 heterocycles. The largest absolute Gasteiger partial charge is 0.507 e. The van der Waals surface area contributed by atoms with E-state index in [9.17, 15) is 6.48 Å². The lowest BCUT2D eigenvalue weighted by Crippen LogP contribution is -2.11. The molecule has 0 saturated carbocycles. The fourth-order valence-corrected chi connectivity index (χ4v) is 8.57. The van der Waals surface area contributed by atoms with E-state index in [1.165, 1.54) is 0 Å². The Hall–Kier alpha value is -7.04. The van der Waals surface area contributed by atoms with Crippen molar-refractivity contribution in [1.82, 2.24) is 14.5 Å². The minimum absolute atomic E-state index is 0.170. The maximum atomic E-state index is 12.0. The summed E-state index contributed by atoms with van der Waals surface area (Å²) in [4.78, 5) is 10.5. The second kappa shape index (κ2) is 16.1. The van der Waals surface area contributed by atoms with Crippen molar-refractivity contribution in [3.63, 3.8) is 0 Å². The van der Waals surface area contributed by atoms with E-state index in [0.29, 0.717) is 17.0 Å². The van der Waals surface area contributed by atoms with Crippen LogP contribution < -0.4 is 0 Å². The third-order valence-corrected chi connectivity index (χ3v) is 11.8. The van der Waals surface area contributed by atoms with E-state index in [2.05, 4.69) is 104 Å². The molecule has 0 aliphatic rings. The van der Waals surface area contributed by atoms with Gasteiger partial charge in [-0.15, -0.1) is 0 Å². The smallest absolute Gasteiger partial charge is 0.149 e. The van der Waals surface area contributed by atoms with Gasteiger partial charge in [0.25, 0.3) is 0 Å². The van der Waals surface area contributed by atoms with E-state index in [4.69, 9.17) is 14.1 Å². The van der Waals surface area contributed by atoms with Gasteiger partial charge in [-0.25, -0.2) is 4.98 Å². The first kappa shape index (κ1) is 35.7. The number of rotatable bonds is 8. The minimum Gasteiger partial charge on any atom is -0.507 e. The van der Waals surface area contributed by atoms with Gasteiger partial charge in [-0.3, -0.25) is 9.55 Å². The Morgan fingerprint density at radius 3 is 1.97 bits per heavy atom. The van der Waals surface area contributed by atoms with Crippen LogP contribution in [0.5, 0.6) is 5.75 Å². The minimum atomic E-state index is -2.18. The van der Waals surface area contributed by atoms with E-state index in [0.717, 1.165) is 94.7 Å². The van der Waals surface area contributed by atoms with Crippen LogP contribution in [0, 0.1) is 20.7 Å². The van der Waals surface area contributed by atoms with Gasteiger partial charge in [0.15, 0.2) is 0 Å². The number of hydrogen-bond donors (Lipinski definition) is 1. The van der Waals surface area contributed by atoms with Crippen LogP contribution in [0.2, 0.25) is 0 Å². The normalized spacial score (nSPS) is 13.1. The number of phenols is 1. The van der Waals surface area contributed by atoms with Gasteiger partial charge in [-0.2, -0.15) is 0 Å². The van der Waals surface area contributed by atoms with Crippen LogP contribution in [-0.2, 0) is 5.41 Å². The van der Waals surface area contributed by atoms with E-state index in [-0.39, 0.29) is 11.2 Å². The summed E-state index contributed by atoms with van der Waals surface area (Å²) in [6.45, 7) is 12.3. The summed E-state index contributed by atoms with van der Waals surface area (Å²) < 4.78 is 35.2. The Morgan fingerprint density at radius 2 is 1.29 bits per heavy atom. The molecule has 0 bridgehead atoms. The van der Waals surface area contributed by atoms with Crippen LogP contribution >= 0.6 is 0 Å². The first-order valence-electron chi connectivity index (χ1n) is 23.2. The van der Waals surface area contributed by atoms with E-state index >= 15 is 0 Å². The molecule has 4 heteroatoms. The number of imidazole rings is 1. The summed E-state index contributed by atoms with van der Waals surface area (Å²) in [5.74, 6) is -0.161. The highest BCUT2D eigenvalue weighted by Crippen LogP contribution is 2.45. The lowest BCUT2D eigenvalue weighted by Gasteiger charge is -2.22. The molecule has 7 aromatic carbocycles. The van der Waals surface area contributed by atoms with Gasteiger partial charge in [0.1, 0.15) is 11.6 Å². The Bertz CT molecular complexity index is 3270. The number of fused-ring (bicyclic) bond motifs is 1. The van der Waals surface area contributed by atoms with Crippen molar-refractivity contribution in [3.8, 4) is 78.6 Å². The highest BCUT2D eigenvalue weighted by atomic mass is 16.3. The monoisotopic (exact) mass is 811 g/mol. The number of para-hydroxylation sites is 1. The van der Waals surface area contributed by atoms with Crippen molar-refractivity contribution < 1.29 is 10.6 Å². The summed E-state index contributed by atoms with van der Waals surface area (Å²) in [6.07, 6.45) is 1.80. The van der Waals surface area contributed by atoms with E-state index < -0.39 is 12.7 Å². The Balaban J connectivity index is 1.33. The summed E-state index contributed by atoms with van der Waals surface area (Å²) in [7, 11) is 0. The number of aromatic nitrogens is 3. The molecular weight excluding hydrogens is 755 g/mol. The molecule has 1 N–H and O–H groups in total. The van der Waals surface area contributed by atoms with Crippen LogP contribution in [0.15, 0.2) is 164 Å². The first-order chi connectivity index (χ1) is 31.3. The number of hydrogen-bond acceptors (Lipinski definition) is 3. The van der Waals surface area contributed by atoms with E-state index in [1.54, 1.807) is 18.3 Å². The number of nitrogens with zero attached hydrogens (tertiary/aromatic N) is 3. The van der Waals surface area contributed by atoms with Crippen molar-refractivity contribution in [2.75, 3.05) is 0 Å². The van der Waals surface area contributed by atoms with E-state index in [1.807, 2.05) is 94.4 Å². The number of phenolic OH excluding ortho intramolecular Hbond substituents is 1. The highest BCUT2D eigenvalue weighted by molar-refractivity contribution is 5.98. The fraction of sp³-hybridized carbons (Fsp3) is 0.172. The predicted octanol–water partition coefficient (Wildman–Crippen LogP) is 15.5. The van der Waals surface area contributed by atoms with Gasteiger partial charge in [-0.05, 0) is 136 Å². The zero-order chi connectivity index (χ0) is 46.7. The van der Waals surface area contributed by atoms with Crippen molar-refractivity contribution in [2.24, 2.45) is 0 Å². The van der Waals surface area contributed by atoms with Crippen LogP contribution in [0.1, 0.15) is 73.8 Å². The van der Waals surface area contributed by atoms with Gasteiger partial charge in [-0.1, -0.05) is 149 Å². The molecule has 0 aliphatic heterocycles. The quantitative estimate of drug-likeness (QED) is 0.166. The Kier molecular flexibility index (Phi) is 9.27. The Labute approximate surface area is 371 Å². The molecule has 62 heavy (non-hydrogen) atoms. The molecule has 0 amide bonds. The van der Waals surface area contributed by atoms with Crippen LogP contribution in [0.4, 0.5) is 0 Å². The summed E-state index contributed by atoms with van der Waals surface area (Å²) in [5.41, 5.74) is 16.3. The maximum Gasteiger partial charge on any atom is 0.149 e. The predicted molar refractivity (Wildman–Crippen MR) is 260 cm³/mol. The summed E-state index contributed by atoms with van der Waals surface area (Å²) >= 11 is 0. The summed E-state index contributed by atoms with van der Waals surface area (Å²) in [6, 6.07) is 52.9. The molecule has 2 aromatic heterocycles. The molecule has 0 saturated heterocycles. The molecule has 0 unspecified atom stereocenters. The zero-order valence-electron chi connectivity index (χ0n) is 40.4. The lowest BCUT2D eigenvalue weighted by molar-refractivity contribution is 0.472. The molecule has 306 valence electrons. The number of pyridine rings is 1. The van der Waals surface area contributed by atoms with Crippen LogP contribution in [0.25, 0.3) is 83.9 Å². The Morgan fingerprint density at radius 1 is 0.597 bits per heavy atom. The zero-order valence-corrected chi connectivity index (χ0v) is 36.4. The topological polar surface area (TPSA) is 50.9 Å². The first-order valence-corrected chi connectivity index (χ1v) is 21.2. The van der Waals surface area contributed by atoms with Gasteiger partial charge in [0.05, 0.1) is 28.0 Å². The second-order valence-electron chi connectivity index (χ2n) is 17.6. The second-order valence-corrected chi connectivity index (χ2v) is 17.6. The lowest BCUT2D eigenvalue weighted by atomic mass is 9.83. The maximum absolute atomic E-state index is 12.0. The average molecular weight is 812 g/mol. The standard InChI is InChI=1S/C58H53N3O/c1-36(2)48-34-50(42-18-13-10-14-19-42)54(35-49(48)41-16-11-9-12-17-41)61-53-21-15-20-47(55(53)60-57(61)51-29-38(4)28-39(5)56(51)62)44-30-45(32-46(31-44)58(6,7)8)52-33-43(26-27-59-52)40-24-22-37(3)23-25-40/h9-36,62H,1-8H3/i3D3,36D. The molecule has 0 atom stereocenters. The average Bonchev–Trinajstić information content (AvgIpc) is 3.69. The van der Waals surface area contributed by atoms with Crippen molar-refractivity contribution in [1.29, 1.82) is 0 Å². The number of aryl methyl sites for hydroxylation is 3.